The summed E-state index contributed by atoms with van der Waals surface area (Å²) in [6.07, 6.45) is 0. The van der Waals surface area contributed by atoms with Crippen molar-refractivity contribution < 1.29 is 9.53 Å². The maximum atomic E-state index is 12.6. The molecule has 144 valence electrons. The van der Waals surface area contributed by atoms with E-state index >= 15 is 0 Å². The number of carbonyl (C=O) groups is 1. The Balaban J connectivity index is 1.62. The van der Waals surface area contributed by atoms with Crippen LogP contribution in [0.3, 0.4) is 0 Å². The van der Waals surface area contributed by atoms with Gasteiger partial charge in [-0.2, -0.15) is 0 Å². The van der Waals surface area contributed by atoms with Gasteiger partial charge in [0, 0.05) is 6.04 Å². The number of hydrogen-bond acceptors (Lipinski definition) is 3. The Kier molecular flexibility index (Phi) is 6.45. The molecule has 3 aromatic carbocycles. The molecule has 0 radical (unpaired) electrons. The maximum absolute atomic E-state index is 12.6. The molecule has 0 unspecified atom stereocenters. The Bertz CT molecular complexity index is 907. The van der Waals surface area contributed by atoms with Gasteiger partial charge in [0.1, 0.15) is 5.75 Å². The van der Waals surface area contributed by atoms with Gasteiger partial charge in [-0.3, -0.25) is 10.1 Å². The predicted octanol–water partition coefficient (Wildman–Crippen LogP) is 5.04. The summed E-state index contributed by atoms with van der Waals surface area (Å²) < 4.78 is 5.29. The summed E-state index contributed by atoms with van der Waals surface area (Å²) in [6.45, 7) is 3.92. The predicted molar refractivity (Wildman–Crippen MR) is 115 cm³/mol. The molecule has 3 rings (SSSR count). The zero-order valence-electron chi connectivity index (χ0n) is 16.5. The van der Waals surface area contributed by atoms with Gasteiger partial charge in [-0.25, -0.2) is 0 Å². The quantitative estimate of drug-likeness (QED) is 0.609. The first-order chi connectivity index (χ1) is 13.6. The average Bonchev–Trinajstić information content (AvgIpc) is 2.74. The van der Waals surface area contributed by atoms with Gasteiger partial charge in [0.15, 0.2) is 0 Å². The molecule has 0 bridgehead atoms. The van der Waals surface area contributed by atoms with Gasteiger partial charge in [-0.1, -0.05) is 66.7 Å². The zero-order chi connectivity index (χ0) is 19.9. The van der Waals surface area contributed by atoms with Gasteiger partial charge in [0.2, 0.25) is 5.91 Å². The lowest BCUT2D eigenvalue weighted by atomic mass is 10.0. The molecular formula is C24H26N2O2. The van der Waals surface area contributed by atoms with Gasteiger partial charge in [0.05, 0.1) is 18.8 Å². The number of hydrogen-bond donors (Lipinski definition) is 2. The van der Waals surface area contributed by atoms with Crippen LogP contribution in [0.2, 0.25) is 0 Å². The number of amides is 1. The summed E-state index contributed by atoms with van der Waals surface area (Å²) in [7, 11) is 1.59. The van der Waals surface area contributed by atoms with Crippen LogP contribution >= 0.6 is 0 Å². The highest BCUT2D eigenvalue weighted by molar-refractivity contribution is 5.95. The van der Waals surface area contributed by atoms with E-state index in [1.807, 2.05) is 49.4 Å². The third kappa shape index (κ3) is 4.78. The normalized spacial score (nSPS) is 12.8. The molecular weight excluding hydrogens is 348 g/mol. The van der Waals surface area contributed by atoms with Crippen molar-refractivity contribution in [2.24, 2.45) is 0 Å². The van der Waals surface area contributed by atoms with Crippen LogP contribution in [-0.4, -0.2) is 19.1 Å². The summed E-state index contributed by atoms with van der Waals surface area (Å²) in [4.78, 5) is 12.6. The van der Waals surface area contributed by atoms with Crippen molar-refractivity contribution >= 4 is 11.6 Å². The van der Waals surface area contributed by atoms with Crippen LogP contribution in [0.1, 0.15) is 25.5 Å². The number of anilines is 1. The molecule has 3 aromatic rings. The van der Waals surface area contributed by atoms with Crippen molar-refractivity contribution in [3.63, 3.8) is 0 Å². The largest absolute Gasteiger partial charge is 0.495 e. The lowest BCUT2D eigenvalue weighted by molar-refractivity contribution is -0.117. The van der Waals surface area contributed by atoms with E-state index in [4.69, 9.17) is 4.74 Å². The van der Waals surface area contributed by atoms with Crippen molar-refractivity contribution in [1.82, 2.24) is 5.32 Å². The molecule has 0 aliphatic rings. The number of rotatable bonds is 7. The number of carbonyl (C=O) groups excluding carboxylic acids is 1. The fraction of sp³-hybridized carbons (Fsp3) is 0.208. The summed E-state index contributed by atoms with van der Waals surface area (Å²) in [6, 6.07) is 25.8. The lowest BCUT2D eigenvalue weighted by Crippen LogP contribution is -2.39. The Labute approximate surface area is 166 Å². The highest BCUT2D eigenvalue weighted by atomic mass is 16.5. The maximum Gasteiger partial charge on any atom is 0.241 e. The van der Waals surface area contributed by atoms with Gasteiger partial charge < -0.3 is 10.1 Å². The van der Waals surface area contributed by atoms with Crippen LogP contribution in [-0.2, 0) is 4.79 Å². The van der Waals surface area contributed by atoms with E-state index in [9.17, 15) is 4.79 Å². The van der Waals surface area contributed by atoms with Crippen molar-refractivity contribution in [2.75, 3.05) is 12.4 Å². The first kappa shape index (κ1) is 19.6. The minimum atomic E-state index is -0.353. The van der Waals surface area contributed by atoms with Crippen LogP contribution < -0.4 is 15.4 Å². The minimum Gasteiger partial charge on any atom is -0.495 e. The molecule has 0 aromatic heterocycles. The molecule has 28 heavy (non-hydrogen) atoms. The van der Waals surface area contributed by atoms with Gasteiger partial charge in [-0.15, -0.1) is 0 Å². The molecule has 0 aliphatic carbocycles. The van der Waals surface area contributed by atoms with Crippen LogP contribution in [0.4, 0.5) is 5.69 Å². The van der Waals surface area contributed by atoms with Gasteiger partial charge in [-0.05, 0) is 42.7 Å². The van der Waals surface area contributed by atoms with Crippen LogP contribution in [0.25, 0.3) is 11.1 Å². The highest BCUT2D eigenvalue weighted by Gasteiger charge is 2.17. The van der Waals surface area contributed by atoms with Gasteiger partial charge in [0.25, 0.3) is 0 Å². The average molecular weight is 374 g/mol. The van der Waals surface area contributed by atoms with E-state index in [2.05, 4.69) is 54.0 Å². The number of methoxy groups -OCH3 is 1. The standard InChI is InChI=1S/C24H26N2O2/c1-17(19-13-15-21(16-14-19)20-9-5-4-6-10-20)25-18(2)24(27)26-22-11-7-8-12-23(22)28-3/h4-18,25H,1-3H3,(H,26,27)/t17-,18+/m0/s1. The molecule has 0 aliphatic heterocycles. The molecule has 1 amide bonds. The first-order valence-electron chi connectivity index (χ1n) is 9.44. The molecule has 4 heteroatoms. The Morgan fingerprint density at radius 2 is 1.43 bits per heavy atom. The molecule has 2 atom stereocenters. The topological polar surface area (TPSA) is 50.4 Å². The van der Waals surface area contributed by atoms with E-state index in [1.54, 1.807) is 7.11 Å². The summed E-state index contributed by atoms with van der Waals surface area (Å²) in [5.74, 6) is 0.546. The summed E-state index contributed by atoms with van der Waals surface area (Å²) in [5, 5.41) is 6.28. The number of para-hydroxylation sites is 2. The second-order valence-electron chi connectivity index (χ2n) is 6.79. The molecule has 0 spiro atoms. The van der Waals surface area contributed by atoms with Crippen LogP contribution in [0.5, 0.6) is 5.75 Å². The third-order valence-corrected chi connectivity index (χ3v) is 4.78. The fourth-order valence-electron chi connectivity index (χ4n) is 3.13. The fourth-order valence-corrected chi connectivity index (χ4v) is 3.13. The smallest absolute Gasteiger partial charge is 0.241 e. The van der Waals surface area contributed by atoms with Crippen molar-refractivity contribution in [1.29, 1.82) is 0 Å². The van der Waals surface area contributed by atoms with E-state index in [-0.39, 0.29) is 18.0 Å². The van der Waals surface area contributed by atoms with E-state index in [0.29, 0.717) is 11.4 Å². The van der Waals surface area contributed by atoms with Crippen LogP contribution in [0, 0.1) is 0 Å². The van der Waals surface area contributed by atoms with Crippen LogP contribution in [0.15, 0.2) is 78.9 Å². The zero-order valence-corrected chi connectivity index (χ0v) is 16.5. The van der Waals surface area contributed by atoms with Gasteiger partial charge >= 0.3 is 0 Å². The SMILES string of the molecule is COc1ccccc1NC(=O)[C@@H](C)N[C@@H](C)c1ccc(-c2ccccc2)cc1. The Hall–Kier alpha value is -3.11. The van der Waals surface area contributed by atoms with E-state index in [0.717, 1.165) is 5.56 Å². The van der Waals surface area contributed by atoms with Crippen molar-refractivity contribution in [3.05, 3.63) is 84.4 Å². The monoisotopic (exact) mass is 374 g/mol. The highest BCUT2D eigenvalue weighted by Crippen LogP contribution is 2.24. The van der Waals surface area contributed by atoms with Crippen molar-refractivity contribution in [3.8, 4) is 16.9 Å². The molecule has 4 nitrogen and oxygen atoms in total. The van der Waals surface area contributed by atoms with E-state index in [1.165, 1.54) is 11.1 Å². The summed E-state index contributed by atoms with van der Waals surface area (Å²) in [5.41, 5.74) is 4.18. The Morgan fingerprint density at radius 1 is 0.821 bits per heavy atom. The van der Waals surface area contributed by atoms with E-state index < -0.39 is 0 Å². The summed E-state index contributed by atoms with van der Waals surface area (Å²) >= 11 is 0. The molecule has 0 fully saturated rings. The number of ether oxygens (including phenoxy) is 1. The lowest BCUT2D eigenvalue weighted by Gasteiger charge is -2.21. The minimum absolute atomic E-state index is 0.0447. The second-order valence-corrected chi connectivity index (χ2v) is 6.79. The molecule has 0 heterocycles. The number of benzene rings is 3. The molecule has 0 saturated carbocycles. The first-order valence-corrected chi connectivity index (χ1v) is 9.44. The molecule has 2 N–H and O–H groups in total. The third-order valence-electron chi connectivity index (χ3n) is 4.78. The Morgan fingerprint density at radius 3 is 2.11 bits per heavy atom. The number of nitrogens with one attached hydrogen (secondary N) is 2. The second kappa shape index (κ2) is 9.20. The molecule has 0 saturated heterocycles. The van der Waals surface area contributed by atoms with Crippen molar-refractivity contribution in [2.45, 2.75) is 25.9 Å².